The van der Waals surface area contributed by atoms with Gasteiger partial charge >= 0.3 is 29.6 Å². The van der Waals surface area contributed by atoms with E-state index in [1.54, 1.807) is 0 Å². The van der Waals surface area contributed by atoms with Crippen molar-refractivity contribution < 1.29 is 59.3 Å². The number of quaternary nitrogens is 1. The molecule has 0 saturated carbocycles. The zero-order chi connectivity index (χ0) is 10.3. The van der Waals surface area contributed by atoms with Crippen molar-refractivity contribution in [3.63, 3.8) is 0 Å². The van der Waals surface area contributed by atoms with Crippen LogP contribution in [0.5, 0.6) is 0 Å². The Kier molecular flexibility index (Phi) is 20.9. The first kappa shape index (κ1) is 23.4. The van der Waals surface area contributed by atoms with Crippen LogP contribution >= 0.6 is 0 Å². The number of carboxylic acid groups (broad SMARTS) is 2. The molecule has 5 N–H and O–H groups in total. The van der Waals surface area contributed by atoms with E-state index >= 15 is 0 Å². The summed E-state index contributed by atoms with van der Waals surface area (Å²) < 4.78 is 0. The largest absolute Gasteiger partial charge is 1.00 e. The number of aliphatic carboxylic acids is 2. The van der Waals surface area contributed by atoms with E-state index in [0.29, 0.717) is 0 Å². The normalized spacial score (nSPS) is 9.07. The number of hydrogen-bond donors (Lipinski definition) is 2. The van der Waals surface area contributed by atoms with E-state index in [4.69, 9.17) is 5.11 Å². The minimum absolute atomic E-state index is 0. The maximum absolute atomic E-state index is 9.48. The van der Waals surface area contributed by atoms with Crippen molar-refractivity contribution in [2.75, 3.05) is 0 Å². The van der Waals surface area contributed by atoms with Gasteiger partial charge in [-0.05, 0) is 6.92 Å². The van der Waals surface area contributed by atoms with Crippen LogP contribution in [-0.2, 0) is 14.4 Å². The van der Waals surface area contributed by atoms with Crippen LogP contribution in [0.4, 0.5) is 0 Å². The smallest absolute Gasteiger partial charge is 0.547 e. The summed E-state index contributed by atoms with van der Waals surface area (Å²) in [5, 5.41) is 26.5. The zero-order valence-corrected chi connectivity index (χ0v) is 10.6. The Bertz CT molecular complexity index is 181. The van der Waals surface area contributed by atoms with Crippen LogP contribution in [-0.4, -0.2) is 28.9 Å². The molecule has 0 aromatic carbocycles. The Morgan fingerprint density at radius 2 is 1.36 bits per heavy atom. The summed E-state index contributed by atoms with van der Waals surface area (Å²) in [7, 11) is 0. The van der Waals surface area contributed by atoms with E-state index in [0.717, 1.165) is 13.8 Å². The summed E-state index contributed by atoms with van der Waals surface area (Å²) in [4.78, 5) is 28.1. The van der Waals surface area contributed by atoms with Gasteiger partial charge in [-0.1, -0.05) is 0 Å². The molecule has 0 aliphatic heterocycles. The van der Waals surface area contributed by atoms with E-state index in [-0.39, 0.29) is 35.7 Å². The van der Waals surface area contributed by atoms with E-state index in [1.807, 2.05) is 0 Å². The van der Waals surface area contributed by atoms with Crippen LogP contribution in [0, 0.1) is 0 Å². The molecule has 0 saturated heterocycles. The van der Waals surface area contributed by atoms with Gasteiger partial charge in [0.15, 0.2) is 5.78 Å². The second kappa shape index (κ2) is 12.5. The molecule has 7 nitrogen and oxygen atoms in total. The predicted molar refractivity (Wildman–Crippen MR) is 38.4 cm³/mol. The molecule has 0 heterocycles. The van der Waals surface area contributed by atoms with Gasteiger partial charge in [0.05, 0.1) is 12.1 Å². The molecule has 14 heavy (non-hydrogen) atoms. The molecule has 0 radical (unpaired) electrons. The van der Waals surface area contributed by atoms with Crippen molar-refractivity contribution >= 4 is 17.7 Å². The molecule has 1 unspecified atom stereocenters. The van der Waals surface area contributed by atoms with Crippen molar-refractivity contribution in [1.82, 2.24) is 6.15 Å². The second-order valence-electron chi connectivity index (χ2n) is 1.84. The van der Waals surface area contributed by atoms with Crippen LogP contribution in [0.25, 0.3) is 0 Å². The zero-order valence-electron chi connectivity index (χ0n) is 8.57. The molecule has 0 fully saturated rings. The van der Waals surface area contributed by atoms with Crippen molar-refractivity contribution in [2.45, 2.75) is 20.0 Å². The number of carbonyl (C=O) groups is 3. The first-order valence-corrected chi connectivity index (χ1v) is 2.89. The molecule has 8 heteroatoms. The molecule has 0 aromatic rings. The maximum Gasteiger partial charge on any atom is 1.00 e. The Hall–Kier alpha value is -0.470. The fourth-order valence-corrected chi connectivity index (χ4v) is 0. The summed E-state index contributed by atoms with van der Waals surface area (Å²) in [5.41, 5.74) is 0. The third-order valence-corrected chi connectivity index (χ3v) is 0.629. The number of aliphatic hydroxyl groups is 1. The summed E-state index contributed by atoms with van der Waals surface area (Å²) in [6.45, 7) is 2.07. The van der Waals surface area contributed by atoms with E-state index in [9.17, 15) is 24.6 Å². The number of aliphatic hydroxyl groups excluding tert-OH is 1. The number of ketones is 1. The SMILES string of the molecule is CC(=O)C(=O)[O-].CC(O)C(=O)[O-].[NH4+].[Na+]. The van der Waals surface area contributed by atoms with Gasteiger partial charge in [0.1, 0.15) is 5.97 Å². The fraction of sp³-hybridized carbons (Fsp3) is 0.500. The Labute approximate surface area is 103 Å². The Morgan fingerprint density at radius 1 is 1.21 bits per heavy atom. The monoisotopic (exact) mass is 217 g/mol. The molecule has 0 aromatic heterocycles. The van der Waals surface area contributed by atoms with Crippen molar-refractivity contribution in [3.05, 3.63) is 0 Å². The number of Topliss-reactive ketones (excluding diaryl/α,β-unsaturated/α-hetero) is 1. The molecule has 0 spiro atoms. The average Bonchev–Trinajstić information content (AvgIpc) is 1.88. The van der Waals surface area contributed by atoms with E-state index < -0.39 is 23.8 Å². The van der Waals surface area contributed by atoms with Crippen molar-refractivity contribution in [1.29, 1.82) is 0 Å². The predicted octanol–water partition coefficient (Wildman–Crippen LogP) is -6.18. The molecular weight excluding hydrogens is 205 g/mol. The molecule has 0 aliphatic rings. The van der Waals surface area contributed by atoms with Gasteiger partial charge in [-0.25, -0.2) is 0 Å². The molecule has 78 valence electrons. The van der Waals surface area contributed by atoms with Crippen molar-refractivity contribution in [3.8, 4) is 0 Å². The molecule has 0 rings (SSSR count). The van der Waals surface area contributed by atoms with Gasteiger partial charge < -0.3 is 31.1 Å². The number of hydrogen-bond acceptors (Lipinski definition) is 6. The standard InChI is InChI=1S/C3H6O3.C3H4O3.H3N.Na/c2*1-2(4)3(5)6;;/h2,4H,1H3,(H,5,6);1H3,(H,5,6);1H3;/q;;;+1/p-1. The molecular formula is C6H12NNaO6. The summed E-state index contributed by atoms with van der Waals surface area (Å²) in [6, 6.07) is 0. The first-order valence-electron chi connectivity index (χ1n) is 2.89. The van der Waals surface area contributed by atoms with Crippen LogP contribution in [0.2, 0.25) is 0 Å². The summed E-state index contributed by atoms with van der Waals surface area (Å²) in [6.07, 6.45) is -1.34. The van der Waals surface area contributed by atoms with Crippen LogP contribution < -0.4 is 45.9 Å². The maximum atomic E-state index is 9.48. The Morgan fingerprint density at radius 3 is 1.36 bits per heavy atom. The summed E-state index contributed by atoms with van der Waals surface area (Å²) in [5.74, 6) is -4.00. The van der Waals surface area contributed by atoms with Gasteiger partial charge in [0.2, 0.25) is 0 Å². The molecule has 0 aliphatic carbocycles. The van der Waals surface area contributed by atoms with Crippen LogP contribution in [0.3, 0.4) is 0 Å². The number of rotatable bonds is 2. The number of carbonyl (C=O) groups excluding carboxylic acids is 3. The van der Waals surface area contributed by atoms with Crippen LogP contribution in [0.1, 0.15) is 13.8 Å². The first-order chi connectivity index (χ1) is 5.29. The van der Waals surface area contributed by atoms with Crippen LogP contribution in [0.15, 0.2) is 0 Å². The fourth-order valence-electron chi connectivity index (χ4n) is 0. The second-order valence-corrected chi connectivity index (χ2v) is 1.84. The van der Waals surface area contributed by atoms with Gasteiger partial charge in [-0.2, -0.15) is 0 Å². The van der Waals surface area contributed by atoms with E-state index in [1.165, 1.54) is 0 Å². The average molecular weight is 217 g/mol. The quantitative estimate of drug-likeness (QED) is 0.346. The van der Waals surface area contributed by atoms with E-state index in [2.05, 4.69) is 0 Å². The Balaban J connectivity index is -0.0000000625. The van der Waals surface area contributed by atoms with Gasteiger partial charge in [0, 0.05) is 6.92 Å². The van der Waals surface area contributed by atoms with Crippen molar-refractivity contribution in [2.24, 2.45) is 0 Å². The third-order valence-electron chi connectivity index (χ3n) is 0.629. The minimum atomic E-state index is -1.63. The molecule has 0 bridgehead atoms. The third kappa shape index (κ3) is 22.5. The topological polar surface area (TPSA) is 154 Å². The molecule has 1 atom stereocenters. The molecule has 0 amide bonds. The number of carboxylic acids is 2. The van der Waals surface area contributed by atoms with Gasteiger partial charge in [-0.15, -0.1) is 0 Å². The van der Waals surface area contributed by atoms with Gasteiger partial charge in [0.25, 0.3) is 0 Å². The van der Waals surface area contributed by atoms with Gasteiger partial charge in [-0.3, -0.25) is 4.79 Å². The minimum Gasteiger partial charge on any atom is -0.547 e. The summed E-state index contributed by atoms with van der Waals surface area (Å²) >= 11 is 0.